The third-order valence-corrected chi connectivity index (χ3v) is 3.08. The molecule has 5 nitrogen and oxygen atoms in total. The Morgan fingerprint density at radius 3 is 2.85 bits per heavy atom. The molecule has 3 aromatic rings. The van der Waals surface area contributed by atoms with E-state index in [1.165, 1.54) is 6.07 Å². The number of amides is 1. The molecule has 0 spiro atoms. The maximum absolute atomic E-state index is 12.1. The van der Waals surface area contributed by atoms with E-state index in [9.17, 15) is 4.79 Å². The summed E-state index contributed by atoms with van der Waals surface area (Å²) < 4.78 is 4.93. The number of carbonyl (C=O) groups excluding carboxylic acids is 1. The number of pyridine rings is 1. The Labute approximate surface area is 119 Å². The van der Waals surface area contributed by atoms with Gasteiger partial charge in [0.1, 0.15) is 5.69 Å². The van der Waals surface area contributed by atoms with Crippen LogP contribution in [0.4, 0.5) is 5.88 Å². The number of aryl methyl sites for hydroxylation is 1. The lowest BCUT2D eigenvalue weighted by atomic mass is 10.2. The van der Waals surface area contributed by atoms with Crippen LogP contribution in [0.1, 0.15) is 16.2 Å². The molecule has 100 valence electrons. The lowest BCUT2D eigenvalue weighted by Crippen LogP contribution is -2.13. The number of para-hydroxylation sites is 1. The van der Waals surface area contributed by atoms with E-state index in [0.29, 0.717) is 16.2 Å². The Bertz CT molecular complexity index is 798. The molecule has 2 aromatic heterocycles. The first kappa shape index (κ1) is 12.6. The van der Waals surface area contributed by atoms with Crippen molar-refractivity contribution in [3.8, 4) is 0 Å². The first-order chi connectivity index (χ1) is 9.63. The Kier molecular flexibility index (Phi) is 3.12. The average molecular weight is 288 g/mol. The quantitative estimate of drug-likeness (QED) is 0.784. The van der Waals surface area contributed by atoms with Gasteiger partial charge in [-0.3, -0.25) is 10.1 Å². The van der Waals surface area contributed by atoms with Gasteiger partial charge in [0.05, 0.1) is 16.2 Å². The van der Waals surface area contributed by atoms with Gasteiger partial charge in [0.2, 0.25) is 5.88 Å². The van der Waals surface area contributed by atoms with E-state index in [0.717, 1.165) is 5.39 Å². The second kappa shape index (κ2) is 4.94. The lowest BCUT2D eigenvalue weighted by molar-refractivity contribution is 0.101. The van der Waals surface area contributed by atoms with Crippen molar-refractivity contribution in [2.45, 2.75) is 6.92 Å². The molecule has 1 amide bonds. The molecule has 20 heavy (non-hydrogen) atoms. The van der Waals surface area contributed by atoms with Crippen LogP contribution in [0.5, 0.6) is 0 Å². The van der Waals surface area contributed by atoms with Crippen molar-refractivity contribution in [2.24, 2.45) is 0 Å². The summed E-state index contributed by atoms with van der Waals surface area (Å²) in [5, 5.41) is 7.56. The minimum absolute atomic E-state index is 0.225. The van der Waals surface area contributed by atoms with E-state index in [2.05, 4.69) is 15.5 Å². The fourth-order valence-electron chi connectivity index (χ4n) is 1.85. The summed E-state index contributed by atoms with van der Waals surface area (Å²) in [7, 11) is 0. The third-order valence-electron chi connectivity index (χ3n) is 2.76. The number of hydrogen-bond acceptors (Lipinski definition) is 4. The zero-order valence-corrected chi connectivity index (χ0v) is 11.3. The molecule has 0 unspecified atom stereocenters. The molecular formula is C14H10ClN3O2. The number of carbonyl (C=O) groups is 1. The minimum atomic E-state index is -0.395. The Balaban J connectivity index is 1.95. The van der Waals surface area contributed by atoms with Crippen LogP contribution in [-0.2, 0) is 0 Å². The van der Waals surface area contributed by atoms with Gasteiger partial charge in [0.25, 0.3) is 5.91 Å². The molecule has 0 aliphatic carbocycles. The number of nitrogens with zero attached hydrogens (tertiary/aromatic N) is 2. The summed E-state index contributed by atoms with van der Waals surface area (Å²) in [5.74, 6) is -0.118. The molecule has 0 saturated carbocycles. The van der Waals surface area contributed by atoms with Crippen molar-refractivity contribution in [3.63, 3.8) is 0 Å². The van der Waals surface area contributed by atoms with E-state index in [-0.39, 0.29) is 11.6 Å². The molecule has 0 saturated heterocycles. The minimum Gasteiger partial charge on any atom is -0.338 e. The zero-order valence-electron chi connectivity index (χ0n) is 10.6. The summed E-state index contributed by atoms with van der Waals surface area (Å²) >= 11 is 6.16. The van der Waals surface area contributed by atoms with Gasteiger partial charge in [0, 0.05) is 11.5 Å². The van der Waals surface area contributed by atoms with Crippen molar-refractivity contribution in [1.29, 1.82) is 0 Å². The molecule has 0 fully saturated rings. The normalized spacial score (nSPS) is 10.7. The van der Waals surface area contributed by atoms with Gasteiger partial charge in [-0.15, -0.1) is 0 Å². The van der Waals surface area contributed by atoms with Gasteiger partial charge >= 0.3 is 0 Å². The predicted octanol–water partition coefficient (Wildman–Crippen LogP) is 3.44. The molecule has 6 heteroatoms. The molecule has 1 aromatic carbocycles. The average Bonchev–Trinajstić information content (AvgIpc) is 2.84. The zero-order chi connectivity index (χ0) is 14.1. The van der Waals surface area contributed by atoms with Gasteiger partial charge in [-0.2, -0.15) is 0 Å². The van der Waals surface area contributed by atoms with Crippen LogP contribution in [0.15, 0.2) is 40.9 Å². The highest BCUT2D eigenvalue weighted by Crippen LogP contribution is 2.23. The maximum Gasteiger partial charge on any atom is 0.276 e. The number of nitrogens with one attached hydrogen (secondary N) is 1. The predicted molar refractivity (Wildman–Crippen MR) is 75.9 cm³/mol. The molecule has 2 heterocycles. The molecule has 3 rings (SSSR count). The van der Waals surface area contributed by atoms with Crippen LogP contribution in [-0.4, -0.2) is 16.0 Å². The molecule has 0 bridgehead atoms. The Morgan fingerprint density at radius 2 is 2.10 bits per heavy atom. The molecule has 1 N–H and O–H groups in total. The van der Waals surface area contributed by atoms with Crippen LogP contribution in [0.25, 0.3) is 10.9 Å². The van der Waals surface area contributed by atoms with Crippen molar-refractivity contribution < 1.29 is 9.32 Å². The topological polar surface area (TPSA) is 68.0 Å². The Morgan fingerprint density at radius 1 is 1.30 bits per heavy atom. The summed E-state index contributed by atoms with van der Waals surface area (Å²) in [4.78, 5) is 16.4. The van der Waals surface area contributed by atoms with Gasteiger partial charge in [0.15, 0.2) is 0 Å². The van der Waals surface area contributed by atoms with Crippen LogP contribution in [0, 0.1) is 6.92 Å². The van der Waals surface area contributed by atoms with E-state index < -0.39 is 5.91 Å². The third kappa shape index (κ3) is 2.35. The van der Waals surface area contributed by atoms with Gasteiger partial charge in [-0.05, 0) is 19.1 Å². The van der Waals surface area contributed by atoms with E-state index in [1.54, 1.807) is 19.1 Å². The highest BCUT2D eigenvalue weighted by molar-refractivity contribution is 6.35. The van der Waals surface area contributed by atoms with Crippen LogP contribution >= 0.6 is 11.6 Å². The highest BCUT2D eigenvalue weighted by Gasteiger charge is 2.13. The van der Waals surface area contributed by atoms with Gasteiger partial charge in [-0.25, -0.2) is 4.98 Å². The first-order valence-corrected chi connectivity index (χ1v) is 6.31. The fraction of sp³-hybridized carbons (Fsp3) is 0.0714. The monoisotopic (exact) mass is 287 g/mol. The smallest absolute Gasteiger partial charge is 0.276 e. The van der Waals surface area contributed by atoms with E-state index in [4.69, 9.17) is 16.1 Å². The number of rotatable bonds is 2. The second-order valence-corrected chi connectivity index (χ2v) is 4.70. The van der Waals surface area contributed by atoms with Crippen LogP contribution in [0.2, 0.25) is 5.02 Å². The number of fused-ring (bicyclic) bond motifs is 1. The molecule has 0 aliphatic heterocycles. The largest absolute Gasteiger partial charge is 0.338 e. The fourth-order valence-corrected chi connectivity index (χ4v) is 2.11. The highest BCUT2D eigenvalue weighted by atomic mass is 35.5. The van der Waals surface area contributed by atoms with Gasteiger partial charge in [-0.1, -0.05) is 35.0 Å². The standard InChI is InChI=1S/C14H10ClN3O2/c1-8-6-13(20-18-8)17-14(19)12-7-10(15)9-4-2-3-5-11(9)16-12/h2-7H,1H3,(H,17,19). The number of anilines is 1. The second-order valence-electron chi connectivity index (χ2n) is 4.29. The van der Waals surface area contributed by atoms with E-state index >= 15 is 0 Å². The van der Waals surface area contributed by atoms with Crippen LogP contribution < -0.4 is 5.32 Å². The first-order valence-electron chi connectivity index (χ1n) is 5.93. The van der Waals surface area contributed by atoms with Crippen LogP contribution in [0.3, 0.4) is 0 Å². The molecular weight excluding hydrogens is 278 g/mol. The summed E-state index contributed by atoms with van der Waals surface area (Å²) in [5.41, 5.74) is 1.58. The Hall–Kier alpha value is -2.40. The van der Waals surface area contributed by atoms with E-state index in [1.807, 2.05) is 18.2 Å². The SMILES string of the molecule is Cc1cc(NC(=O)c2cc(Cl)c3ccccc3n2)on1. The number of hydrogen-bond donors (Lipinski definition) is 1. The van der Waals surface area contributed by atoms with Crippen molar-refractivity contribution >= 4 is 34.3 Å². The van der Waals surface area contributed by atoms with Crippen molar-refractivity contribution in [1.82, 2.24) is 10.1 Å². The lowest BCUT2D eigenvalue weighted by Gasteiger charge is -2.04. The molecule has 0 radical (unpaired) electrons. The summed E-state index contributed by atoms with van der Waals surface area (Å²) in [6.45, 7) is 1.77. The van der Waals surface area contributed by atoms with Crippen molar-refractivity contribution in [3.05, 3.63) is 52.8 Å². The van der Waals surface area contributed by atoms with Crippen molar-refractivity contribution in [2.75, 3.05) is 5.32 Å². The maximum atomic E-state index is 12.1. The van der Waals surface area contributed by atoms with Gasteiger partial charge < -0.3 is 4.52 Å². The number of halogens is 1. The molecule has 0 aliphatic rings. The summed E-state index contributed by atoms with van der Waals surface area (Å²) in [6.07, 6.45) is 0. The molecule has 0 atom stereocenters. The number of aromatic nitrogens is 2. The summed E-state index contributed by atoms with van der Waals surface area (Å²) in [6, 6.07) is 10.5. The number of benzene rings is 1.